The molecule has 0 bridgehead atoms. The Morgan fingerprint density at radius 3 is 2.39 bits per heavy atom. The maximum Gasteiger partial charge on any atom is 0.335 e. The number of aliphatic hydroxyl groups is 1. The standard InChI is InChI=1S/C29H26O6S/c1-3-27(30)35-23-11-13-25-20(17-23)16-21-18-24(12-14-26(21)25)36-29(32)19-7-9-22(10-8-19)34-15-5-6-28(31)33-4-2/h3-4,7-14,17-18,28,31H,1-2,5-6,15-16H2. The summed E-state index contributed by atoms with van der Waals surface area (Å²) in [5, 5.41) is 9.45. The van der Waals surface area contributed by atoms with Gasteiger partial charge in [-0.2, -0.15) is 0 Å². The highest BCUT2D eigenvalue weighted by atomic mass is 32.2. The maximum absolute atomic E-state index is 12.8. The molecule has 0 spiro atoms. The monoisotopic (exact) mass is 502 g/mol. The number of carbonyl (C=O) groups excluding carboxylic acids is 2. The predicted octanol–water partition coefficient (Wildman–Crippen LogP) is 5.92. The summed E-state index contributed by atoms with van der Waals surface area (Å²) in [7, 11) is 0. The molecule has 1 aliphatic carbocycles. The van der Waals surface area contributed by atoms with E-state index in [1.165, 1.54) is 18.0 Å². The first-order chi connectivity index (χ1) is 17.5. The SMILES string of the molecule is C=COC(O)CCCOc1ccc(C(=O)Sc2ccc3c(c2)Cc2cc(OC(=O)C=C)ccc2-3)cc1. The van der Waals surface area contributed by atoms with E-state index in [1.807, 2.05) is 30.3 Å². The summed E-state index contributed by atoms with van der Waals surface area (Å²) >= 11 is 1.18. The van der Waals surface area contributed by atoms with Gasteiger partial charge in [0.25, 0.3) is 0 Å². The van der Waals surface area contributed by atoms with Crippen LogP contribution in [0.1, 0.15) is 34.3 Å². The van der Waals surface area contributed by atoms with Crippen molar-refractivity contribution in [3.8, 4) is 22.6 Å². The molecule has 1 unspecified atom stereocenters. The minimum absolute atomic E-state index is 0.0552. The van der Waals surface area contributed by atoms with Gasteiger partial charge >= 0.3 is 5.97 Å². The van der Waals surface area contributed by atoms with Gasteiger partial charge in [-0.25, -0.2) is 4.79 Å². The van der Waals surface area contributed by atoms with Gasteiger partial charge in [-0.15, -0.1) is 0 Å². The van der Waals surface area contributed by atoms with E-state index in [4.69, 9.17) is 14.2 Å². The van der Waals surface area contributed by atoms with E-state index < -0.39 is 12.3 Å². The summed E-state index contributed by atoms with van der Waals surface area (Å²) < 4.78 is 15.7. The summed E-state index contributed by atoms with van der Waals surface area (Å²) in [6.45, 7) is 7.25. The highest BCUT2D eigenvalue weighted by molar-refractivity contribution is 8.14. The van der Waals surface area contributed by atoms with E-state index in [9.17, 15) is 14.7 Å². The average molecular weight is 503 g/mol. The lowest BCUT2D eigenvalue weighted by atomic mass is 10.1. The van der Waals surface area contributed by atoms with E-state index in [0.29, 0.717) is 42.9 Å². The van der Waals surface area contributed by atoms with Gasteiger partial charge in [-0.3, -0.25) is 4.79 Å². The molecule has 6 nitrogen and oxygen atoms in total. The third kappa shape index (κ3) is 6.24. The smallest absolute Gasteiger partial charge is 0.335 e. The molecule has 0 saturated carbocycles. The van der Waals surface area contributed by atoms with Gasteiger partial charge in [0, 0.05) is 23.0 Å². The Hall–Kier alpha value is -3.81. The Morgan fingerprint density at radius 1 is 0.972 bits per heavy atom. The predicted molar refractivity (Wildman–Crippen MR) is 139 cm³/mol. The third-order valence-corrected chi connectivity index (χ3v) is 6.54. The zero-order chi connectivity index (χ0) is 25.5. The van der Waals surface area contributed by atoms with Crippen molar-refractivity contribution >= 4 is 22.8 Å². The minimum Gasteiger partial charge on any atom is -0.494 e. The van der Waals surface area contributed by atoms with Crippen LogP contribution in [0.4, 0.5) is 0 Å². The molecule has 0 amide bonds. The van der Waals surface area contributed by atoms with Gasteiger partial charge in [-0.05, 0) is 95.4 Å². The van der Waals surface area contributed by atoms with E-state index in [-0.39, 0.29) is 5.12 Å². The highest BCUT2D eigenvalue weighted by Gasteiger charge is 2.20. The molecule has 0 heterocycles. The van der Waals surface area contributed by atoms with Crippen LogP contribution in [0.5, 0.6) is 11.5 Å². The van der Waals surface area contributed by atoms with Crippen molar-refractivity contribution in [3.63, 3.8) is 0 Å². The second-order valence-corrected chi connectivity index (χ2v) is 9.15. The number of aliphatic hydroxyl groups excluding tert-OH is 1. The summed E-state index contributed by atoms with van der Waals surface area (Å²) in [5.41, 5.74) is 5.01. The van der Waals surface area contributed by atoms with E-state index >= 15 is 0 Å². The fourth-order valence-corrected chi connectivity index (χ4v) is 4.73. The van der Waals surface area contributed by atoms with Crippen molar-refractivity contribution in [2.45, 2.75) is 30.4 Å². The molecule has 4 rings (SSSR count). The molecule has 3 aromatic carbocycles. The summed E-state index contributed by atoms with van der Waals surface area (Å²) in [6.07, 6.45) is 3.23. The van der Waals surface area contributed by atoms with Crippen molar-refractivity contribution in [2.75, 3.05) is 6.61 Å². The van der Waals surface area contributed by atoms with Crippen LogP contribution in [0.3, 0.4) is 0 Å². The van der Waals surface area contributed by atoms with Crippen LogP contribution in [0.2, 0.25) is 0 Å². The molecule has 0 radical (unpaired) electrons. The number of thioether (sulfide) groups is 1. The van der Waals surface area contributed by atoms with Gasteiger partial charge in [0.2, 0.25) is 5.12 Å². The molecular weight excluding hydrogens is 476 g/mol. The van der Waals surface area contributed by atoms with Gasteiger partial charge < -0.3 is 19.3 Å². The van der Waals surface area contributed by atoms with E-state index in [1.54, 1.807) is 30.3 Å². The van der Waals surface area contributed by atoms with Gasteiger partial charge in [-0.1, -0.05) is 25.3 Å². The number of rotatable bonds is 11. The Morgan fingerprint density at radius 2 is 1.67 bits per heavy atom. The molecule has 1 aliphatic rings. The lowest BCUT2D eigenvalue weighted by Crippen LogP contribution is -2.10. The fraction of sp³-hybridized carbons (Fsp3) is 0.172. The molecule has 36 heavy (non-hydrogen) atoms. The van der Waals surface area contributed by atoms with Crippen molar-refractivity contribution in [1.82, 2.24) is 0 Å². The largest absolute Gasteiger partial charge is 0.494 e. The molecule has 0 aliphatic heterocycles. The zero-order valence-corrected chi connectivity index (χ0v) is 20.5. The van der Waals surface area contributed by atoms with Gasteiger partial charge in [0.05, 0.1) is 12.9 Å². The summed E-state index contributed by atoms with van der Waals surface area (Å²) in [5.74, 6) is 0.656. The number of carbonyl (C=O) groups is 2. The maximum atomic E-state index is 12.8. The van der Waals surface area contributed by atoms with Crippen molar-refractivity contribution in [1.29, 1.82) is 0 Å². The molecule has 3 aromatic rings. The quantitative estimate of drug-likeness (QED) is 0.0519. The Balaban J connectivity index is 1.33. The zero-order valence-electron chi connectivity index (χ0n) is 19.6. The Kier molecular flexibility index (Phi) is 8.25. The highest BCUT2D eigenvalue weighted by Crippen LogP contribution is 2.40. The number of hydrogen-bond donors (Lipinski definition) is 1. The van der Waals surface area contributed by atoms with Gasteiger partial charge in [0.15, 0.2) is 6.29 Å². The molecule has 0 fully saturated rings. The number of ether oxygens (including phenoxy) is 3. The summed E-state index contributed by atoms with van der Waals surface area (Å²) in [6, 6.07) is 18.6. The number of benzene rings is 3. The second kappa shape index (κ2) is 11.7. The topological polar surface area (TPSA) is 82.1 Å². The Labute approximate surface area is 214 Å². The first-order valence-corrected chi connectivity index (χ1v) is 12.3. The van der Waals surface area contributed by atoms with Crippen LogP contribution >= 0.6 is 11.8 Å². The van der Waals surface area contributed by atoms with Gasteiger partial charge in [0.1, 0.15) is 11.5 Å². The Bertz CT molecular complexity index is 1280. The second-order valence-electron chi connectivity index (χ2n) is 8.10. The van der Waals surface area contributed by atoms with E-state index in [2.05, 4.69) is 13.2 Å². The first-order valence-electron chi connectivity index (χ1n) is 11.5. The molecular formula is C29H26O6S. The summed E-state index contributed by atoms with van der Waals surface area (Å²) in [4.78, 5) is 25.2. The number of hydrogen-bond acceptors (Lipinski definition) is 7. The van der Waals surface area contributed by atoms with Crippen LogP contribution in [-0.2, 0) is 16.0 Å². The van der Waals surface area contributed by atoms with Crippen LogP contribution in [0.15, 0.2) is 91.1 Å². The molecule has 1 N–H and O–H groups in total. The minimum atomic E-state index is -0.879. The molecule has 184 valence electrons. The molecule has 7 heteroatoms. The fourth-order valence-electron chi connectivity index (χ4n) is 3.93. The van der Waals surface area contributed by atoms with Crippen molar-refractivity contribution in [2.24, 2.45) is 0 Å². The molecule has 1 atom stereocenters. The van der Waals surface area contributed by atoms with Crippen LogP contribution in [-0.4, -0.2) is 29.1 Å². The number of esters is 1. The van der Waals surface area contributed by atoms with Crippen molar-refractivity contribution < 1.29 is 28.9 Å². The third-order valence-electron chi connectivity index (χ3n) is 5.63. The van der Waals surface area contributed by atoms with Crippen molar-refractivity contribution in [3.05, 3.63) is 103 Å². The lowest BCUT2D eigenvalue weighted by Gasteiger charge is -2.10. The van der Waals surface area contributed by atoms with Crippen LogP contribution in [0.25, 0.3) is 11.1 Å². The normalized spacial score (nSPS) is 12.1. The average Bonchev–Trinajstić information content (AvgIpc) is 3.24. The molecule has 0 saturated heterocycles. The first kappa shape index (κ1) is 25.3. The number of fused-ring (bicyclic) bond motifs is 3. The molecule has 0 aromatic heterocycles. The van der Waals surface area contributed by atoms with Crippen LogP contribution < -0.4 is 9.47 Å². The lowest BCUT2D eigenvalue weighted by molar-refractivity contribution is -0.128. The van der Waals surface area contributed by atoms with Crippen LogP contribution in [0, 0.1) is 0 Å². The van der Waals surface area contributed by atoms with E-state index in [0.717, 1.165) is 33.2 Å².